The first-order chi connectivity index (χ1) is 10.5. The maximum atomic E-state index is 12.7. The second-order valence-corrected chi connectivity index (χ2v) is 5.86. The molecule has 1 aromatic rings. The zero-order valence-corrected chi connectivity index (χ0v) is 12.6. The van der Waals surface area contributed by atoms with Crippen LogP contribution < -0.4 is 10.1 Å². The average molecular weight is 302 g/mol. The van der Waals surface area contributed by atoms with Gasteiger partial charge in [-0.3, -0.25) is 19.7 Å². The van der Waals surface area contributed by atoms with Gasteiger partial charge in [-0.2, -0.15) is 0 Å². The highest BCUT2D eigenvalue weighted by atomic mass is 16.5. The minimum absolute atomic E-state index is 0.0380. The number of fused-ring (bicyclic) bond motifs is 1. The molecule has 3 rings (SSSR count). The van der Waals surface area contributed by atoms with Crippen LogP contribution in [0.25, 0.3) is 0 Å². The van der Waals surface area contributed by atoms with Gasteiger partial charge < -0.3 is 9.64 Å². The first kappa shape index (κ1) is 14.6. The lowest BCUT2D eigenvalue weighted by Crippen LogP contribution is -2.52. The van der Waals surface area contributed by atoms with Gasteiger partial charge in [-0.05, 0) is 31.9 Å². The highest BCUT2D eigenvalue weighted by Gasteiger charge is 2.40. The van der Waals surface area contributed by atoms with E-state index < -0.39 is 11.9 Å². The van der Waals surface area contributed by atoms with Crippen molar-refractivity contribution < 1.29 is 19.1 Å². The first-order valence-corrected chi connectivity index (χ1v) is 7.40. The Labute approximate surface area is 128 Å². The standard InChI is InChI=1S/C16H18N2O4/c1-9(2)22-12-5-3-4-10-8-18(16(21)14(10)12)11-6-7-13(19)17-15(11)20/h3-5,9,11H,6-8H2,1-2H3,(H,17,19,20). The molecule has 0 aromatic heterocycles. The molecule has 0 bridgehead atoms. The summed E-state index contributed by atoms with van der Waals surface area (Å²) in [6.45, 7) is 4.17. The molecule has 2 heterocycles. The van der Waals surface area contributed by atoms with Gasteiger partial charge in [-0.25, -0.2) is 0 Å². The van der Waals surface area contributed by atoms with Crippen LogP contribution in [0.2, 0.25) is 0 Å². The van der Waals surface area contributed by atoms with Gasteiger partial charge in [0, 0.05) is 13.0 Å². The highest BCUT2D eigenvalue weighted by molar-refractivity contribution is 6.06. The SMILES string of the molecule is CC(C)Oc1cccc2c1C(=O)N(C1CCC(=O)NC1=O)C2. The molecule has 0 spiro atoms. The fourth-order valence-corrected chi connectivity index (χ4v) is 2.93. The molecule has 2 aliphatic rings. The number of benzene rings is 1. The van der Waals surface area contributed by atoms with Crippen molar-refractivity contribution >= 4 is 17.7 Å². The maximum absolute atomic E-state index is 12.7. The Hall–Kier alpha value is -2.37. The lowest BCUT2D eigenvalue weighted by atomic mass is 10.0. The minimum atomic E-state index is -0.593. The van der Waals surface area contributed by atoms with E-state index in [-0.39, 0.29) is 24.3 Å². The van der Waals surface area contributed by atoms with Gasteiger partial charge in [0.15, 0.2) is 0 Å². The Balaban J connectivity index is 1.88. The molecule has 1 unspecified atom stereocenters. The van der Waals surface area contributed by atoms with Crippen molar-refractivity contribution in [1.82, 2.24) is 10.2 Å². The van der Waals surface area contributed by atoms with Gasteiger partial charge in [0.05, 0.1) is 11.7 Å². The molecule has 1 saturated heterocycles. The van der Waals surface area contributed by atoms with Crippen LogP contribution in [0.5, 0.6) is 5.75 Å². The van der Waals surface area contributed by atoms with Crippen molar-refractivity contribution in [3.63, 3.8) is 0 Å². The number of nitrogens with one attached hydrogen (secondary N) is 1. The predicted octanol–water partition coefficient (Wildman–Crippen LogP) is 1.23. The number of hydrogen-bond donors (Lipinski definition) is 1. The fourth-order valence-electron chi connectivity index (χ4n) is 2.93. The van der Waals surface area contributed by atoms with Crippen molar-refractivity contribution in [3.8, 4) is 5.75 Å². The predicted molar refractivity (Wildman–Crippen MR) is 78.3 cm³/mol. The molecule has 6 heteroatoms. The number of ether oxygens (including phenoxy) is 1. The van der Waals surface area contributed by atoms with Crippen molar-refractivity contribution in [2.24, 2.45) is 0 Å². The van der Waals surface area contributed by atoms with Crippen LogP contribution in [0.3, 0.4) is 0 Å². The third-order valence-corrected chi connectivity index (χ3v) is 3.88. The molecule has 3 amide bonds. The van der Waals surface area contributed by atoms with E-state index in [1.165, 1.54) is 4.90 Å². The molecular formula is C16H18N2O4. The number of amides is 3. The summed E-state index contributed by atoms with van der Waals surface area (Å²) in [5.74, 6) is -0.342. The first-order valence-electron chi connectivity index (χ1n) is 7.40. The number of rotatable bonds is 3. The third kappa shape index (κ3) is 2.45. The topological polar surface area (TPSA) is 75.7 Å². The number of nitrogens with zero attached hydrogens (tertiary/aromatic N) is 1. The van der Waals surface area contributed by atoms with E-state index in [1.54, 1.807) is 6.07 Å². The molecule has 0 aliphatic carbocycles. The smallest absolute Gasteiger partial charge is 0.258 e. The number of carbonyl (C=O) groups excluding carboxylic acids is 3. The van der Waals surface area contributed by atoms with Crippen LogP contribution in [-0.4, -0.2) is 34.8 Å². The Morgan fingerprint density at radius 1 is 1.27 bits per heavy atom. The molecule has 6 nitrogen and oxygen atoms in total. The van der Waals surface area contributed by atoms with Crippen molar-refractivity contribution in [3.05, 3.63) is 29.3 Å². The molecule has 0 saturated carbocycles. The Morgan fingerprint density at radius 2 is 2.05 bits per heavy atom. The summed E-state index contributed by atoms with van der Waals surface area (Å²) in [6, 6.07) is 4.89. The Morgan fingerprint density at radius 3 is 2.73 bits per heavy atom. The zero-order valence-electron chi connectivity index (χ0n) is 12.6. The van der Waals surface area contributed by atoms with Gasteiger partial charge in [0.2, 0.25) is 11.8 Å². The van der Waals surface area contributed by atoms with Crippen LogP contribution >= 0.6 is 0 Å². The molecule has 1 N–H and O–H groups in total. The van der Waals surface area contributed by atoms with Crippen molar-refractivity contribution in [2.75, 3.05) is 0 Å². The normalized spacial score (nSPS) is 21.1. The lowest BCUT2D eigenvalue weighted by Gasteiger charge is -2.29. The highest BCUT2D eigenvalue weighted by Crippen LogP contribution is 2.33. The average Bonchev–Trinajstić information content (AvgIpc) is 2.76. The second-order valence-electron chi connectivity index (χ2n) is 5.86. The summed E-state index contributed by atoms with van der Waals surface area (Å²) in [5.41, 5.74) is 1.38. The third-order valence-electron chi connectivity index (χ3n) is 3.88. The van der Waals surface area contributed by atoms with E-state index in [2.05, 4.69) is 5.32 Å². The van der Waals surface area contributed by atoms with Gasteiger partial charge in [-0.1, -0.05) is 12.1 Å². The molecular weight excluding hydrogens is 284 g/mol. The summed E-state index contributed by atoms with van der Waals surface area (Å²) >= 11 is 0. The lowest BCUT2D eigenvalue weighted by molar-refractivity contribution is -0.136. The number of piperidine rings is 1. The van der Waals surface area contributed by atoms with Crippen LogP contribution in [0, 0.1) is 0 Å². The van der Waals surface area contributed by atoms with E-state index in [1.807, 2.05) is 26.0 Å². The monoisotopic (exact) mass is 302 g/mol. The number of imide groups is 1. The van der Waals surface area contributed by atoms with Gasteiger partial charge in [0.25, 0.3) is 5.91 Å². The molecule has 1 fully saturated rings. The van der Waals surface area contributed by atoms with Crippen LogP contribution in [-0.2, 0) is 16.1 Å². The quantitative estimate of drug-likeness (QED) is 0.852. The van der Waals surface area contributed by atoms with Gasteiger partial charge in [-0.15, -0.1) is 0 Å². The summed E-state index contributed by atoms with van der Waals surface area (Å²) in [5, 5.41) is 2.30. The van der Waals surface area contributed by atoms with E-state index in [0.29, 0.717) is 24.3 Å². The summed E-state index contributed by atoms with van der Waals surface area (Å²) in [7, 11) is 0. The molecule has 2 aliphatic heterocycles. The van der Waals surface area contributed by atoms with Crippen molar-refractivity contribution in [2.45, 2.75) is 45.4 Å². The Kier molecular flexibility index (Phi) is 3.60. The summed E-state index contributed by atoms with van der Waals surface area (Å²) < 4.78 is 5.70. The van der Waals surface area contributed by atoms with E-state index in [0.717, 1.165) is 5.56 Å². The summed E-state index contributed by atoms with van der Waals surface area (Å²) in [6.07, 6.45) is 0.584. The maximum Gasteiger partial charge on any atom is 0.258 e. The largest absolute Gasteiger partial charge is 0.490 e. The fraction of sp³-hybridized carbons (Fsp3) is 0.438. The molecule has 1 atom stereocenters. The number of hydrogen-bond acceptors (Lipinski definition) is 4. The molecule has 1 aromatic carbocycles. The molecule has 116 valence electrons. The van der Waals surface area contributed by atoms with E-state index in [4.69, 9.17) is 4.74 Å². The second kappa shape index (κ2) is 5.44. The van der Waals surface area contributed by atoms with E-state index >= 15 is 0 Å². The summed E-state index contributed by atoms with van der Waals surface area (Å²) in [4.78, 5) is 37.5. The molecule has 0 radical (unpaired) electrons. The van der Waals surface area contributed by atoms with Crippen LogP contribution in [0.15, 0.2) is 18.2 Å². The van der Waals surface area contributed by atoms with E-state index in [9.17, 15) is 14.4 Å². The zero-order chi connectivity index (χ0) is 15.9. The number of carbonyl (C=O) groups is 3. The van der Waals surface area contributed by atoms with Crippen LogP contribution in [0.1, 0.15) is 42.6 Å². The van der Waals surface area contributed by atoms with Crippen molar-refractivity contribution in [1.29, 1.82) is 0 Å². The minimum Gasteiger partial charge on any atom is -0.490 e. The van der Waals surface area contributed by atoms with Gasteiger partial charge in [0.1, 0.15) is 11.8 Å². The van der Waals surface area contributed by atoms with Gasteiger partial charge >= 0.3 is 0 Å². The Bertz CT molecular complexity index is 654. The van der Waals surface area contributed by atoms with Crippen LogP contribution in [0.4, 0.5) is 0 Å². The molecule has 22 heavy (non-hydrogen) atoms.